The van der Waals surface area contributed by atoms with Crippen molar-refractivity contribution in [3.05, 3.63) is 53.1 Å². The number of nitrogens with zero attached hydrogens (tertiary/aromatic N) is 2. The van der Waals surface area contributed by atoms with Gasteiger partial charge in [0.2, 0.25) is 0 Å². The van der Waals surface area contributed by atoms with Gasteiger partial charge >= 0.3 is 6.03 Å². The van der Waals surface area contributed by atoms with Gasteiger partial charge in [-0.15, -0.1) is 0 Å². The molecule has 1 aliphatic rings. The van der Waals surface area contributed by atoms with Crippen LogP contribution in [-0.2, 0) is 6.54 Å². The average molecular weight is 390 g/mol. The topological polar surface area (TPSA) is 54.0 Å². The standard InChI is InChI=1S/C20H24ClN3O3/c1-26-17-6-3-15(4-7-17)14-23-9-11-24(12-10-23)20(25)22-16-5-8-19(27-2)18(21)13-16/h3-8,13H,9-12,14H2,1-2H3,(H,22,25). The van der Waals surface area contributed by atoms with E-state index in [1.807, 2.05) is 17.0 Å². The molecule has 2 amide bonds. The number of carbonyl (C=O) groups is 1. The lowest BCUT2D eigenvalue weighted by Gasteiger charge is -2.34. The summed E-state index contributed by atoms with van der Waals surface area (Å²) in [6.07, 6.45) is 0. The first-order chi connectivity index (χ1) is 13.1. The zero-order chi connectivity index (χ0) is 19.2. The molecule has 0 unspecified atom stereocenters. The van der Waals surface area contributed by atoms with Crippen molar-refractivity contribution in [3.8, 4) is 11.5 Å². The number of carbonyl (C=O) groups excluding carboxylic acids is 1. The van der Waals surface area contributed by atoms with Crippen LogP contribution in [0.2, 0.25) is 5.02 Å². The van der Waals surface area contributed by atoms with Crippen LogP contribution in [-0.4, -0.2) is 56.2 Å². The molecule has 0 saturated carbocycles. The molecule has 0 aliphatic carbocycles. The predicted octanol–water partition coefficient (Wildman–Crippen LogP) is 3.71. The number of rotatable bonds is 5. The van der Waals surface area contributed by atoms with Gasteiger partial charge in [0, 0.05) is 38.4 Å². The van der Waals surface area contributed by atoms with Crippen LogP contribution in [0.4, 0.5) is 10.5 Å². The van der Waals surface area contributed by atoms with E-state index in [2.05, 4.69) is 22.3 Å². The van der Waals surface area contributed by atoms with Crippen molar-refractivity contribution >= 4 is 23.3 Å². The molecule has 1 heterocycles. The highest BCUT2D eigenvalue weighted by Crippen LogP contribution is 2.27. The van der Waals surface area contributed by atoms with Gasteiger partial charge in [0.05, 0.1) is 19.2 Å². The zero-order valence-corrected chi connectivity index (χ0v) is 16.3. The van der Waals surface area contributed by atoms with Crippen LogP contribution in [0.1, 0.15) is 5.56 Å². The molecule has 1 N–H and O–H groups in total. The molecule has 0 bridgehead atoms. The zero-order valence-electron chi connectivity index (χ0n) is 15.6. The lowest BCUT2D eigenvalue weighted by Crippen LogP contribution is -2.49. The van der Waals surface area contributed by atoms with Crippen molar-refractivity contribution in [1.29, 1.82) is 0 Å². The second-order valence-corrected chi connectivity index (χ2v) is 6.80. The van der Waals surface area contributed by atoms with Crippen molar-refractivity contribution in [3.63, 3.8) is 0 Å². The molecule has 144 valence electrons. The highest BCUT2D eigenvalue weighted by molar-refractivity contribution is 6.32. The van der Waals surface area contributed by atoms with Crippen molar-refractivity contribution in [2.24, 2.45) is 0 Å². The number of piperazine rings is 1. The lowest BCUT2D eigenvalue weighted by molar-refractivity contribution is 0.143. The molecule has 2 aromatic rings. The highest BCUT2D eigenvalue weighted by Gasteiger charge is 2.21. The molecular weight excluding hydrogens is 366 g/mol. The molecule has 0 spiro atoms. The number of urea groups is 1. The van der Waals surface area contributed by atoms with Crippen LogP contribution in [0.25, 0.3) is 0 Å². The predicted molar refractivity (Wildman–Crippen MR) is 107 cm³/mol. The maximum atomic E-state index is 12.5. The Morgan fingerprint density at radius 1 is 1.04 bits per heavy atom. The molecule has 1 aliphatic heterocycles. The van der Waals surface area contributed by atoms with E-state index in [1.54, 1.807) is 32.4 Å². The van der Waals surface area contributed by atoms with Crippen LogP contribution in [0.15, 0.2) is 42.5 Å². The van der Waals surface area contributed by atoms with E-state index in [9.17, 15) is 4.79 Å². The van der Waals surface area contributed by atoms with E-state index in [0.717, 1.165) is 25.4 Å². The number of amides is 2. The molecule has 27 heavy (non-hydrogen) atoms. The monoisotopic (exact) mass is 389 g/mol. The summed E-state index contributed by atoms with van der Waals surface area (Å²) >= 11 is 6.11. The fourth-order valence-electron chi connectivity index (χ4n) is 3.04. The fraction of sp³-hybridized carbons (Fsp3) is 0.350. The van der Waals surface area contributed by atoms with Gasteiger partial charge in [0.15, 0.2) is 0 Å². The summed E-state index contributed by atoms with van der Waals surface area (Å²) in [6, 6.07) is 13.2. The van der Waals surface area contributed by atoms with Gasteiger partial charge in [-0.1, -0.05) is 23.7 Å². The highest BCUT2D eigenvalue weighted by atomic mass is 35.5. The first kappa shape index (κ1) is 19.3. The number of halogens is 1. The maximum absolute atomic E-state index is 12.5. The Labute approximate surface area is 164 Å². The van der Waals surface area contributed by atoms with Crippen molar-refractivity contribution < 1.29 is 14.3 Å². The van der Waals surface area contributed by atoms with Crippen molar-refractivity contribution in [2.75, 3.05) is 45.7 Å². The SMILES string of the molecule is COc1ccc(CN2CCN(C(=O)Nc3ccc(OC)c(Cl)c3)CC2)cc1. The fourth-order valence-corrected chi connectivity index (χ4v) is 3.30. The maximum Gasteiger partial charge on any atom is 0.321 e. The summed E-state index contributed by atoms with van der Waals surface area (Å²) in [4.78, 5) is 16.6. The molecule has 0 atom stereocenters. The molecule has 1 fully saturated rings. The van der Waals surface area contributed by atoms with E-state index >= 15 is 0 Å². The Morgan fingerprint density at radius 2 is 1.74 bits per heavy atom. The van der Waals surface area contributed by atoms with Gasteiger partial charge in [-0.25, -0.2) is 4.79 Å². The summed E-state index contributed by atoms with van der Waals surface area (Å²) in [5.74, 6) is 1.45. The normalized spacial score (nSPS) is 14.7. The van der Waals surface area contributed by atoms with Crippen LogP contribution in [0.5, 0.6) is 11.5 Å². The number of benzene rings is 2. The molecule has 1 saturated heterocycles. The van der Waals surface area contributed by atoms with E-state index in [1.165, 1.54) is 5.56 Å². The first-order valence-corrected chi connectivity index (χ1v) is 9.21. The second-order valence-electron chi connectivity index (χ2n) is 6.39. The van der Waals surface area contributed by atoms with Gasteiger partial charge in [0.1, 0.15) is 11.5 Å². The summed E-state index contributed by atoms with van der Waals surface area (Å²) in [5, 5.41) is 3.37. The van der Waals surface area contributed by atoms with E-state index in [-0.39, 0.29) is 6.03 Å². The molecule has 2 aromatic carbocycles. The van der Waals surface area contributed by atoms with Gasteiger partial charge in [-0.2, -0.15) is 0 Å². The Bertz CT molecular complexity index is 775. The number of hydrogen-bond donors (Lipinski definition) is 1. The van der Waals surface area contributed by atoms with Crippen LogP contribution in [0.3, 0.4) is 0 Å². The molecule has 7 heteroatoms. The summed E-state index contributed by atoms with van der Waals surface area (Å²) in [5.41, 5.74) is 1.90. The minimum Gasteiger partial charge on any atom is -0.497 e. The Kier molecular flexibility index (Phi) is 6.42. The van der Waals surface area contributed by atoms with Gasteiger partial charge in [-0.3, -0.25) is 4.90 Å². The van der Waals surface area contributed by atoms with E-state index in [0.29, 0.717) is 29.5 Å². The van der Waals surface area contributed by atoms with Crippen LogP contribution in [0, 0.1) is 0 Å². The van der Waals surface area contributed by atoms with Crippen LogP contribution < -0.4 is 14.8 Å². The minimum atomic E-state index is -0.111. The Balaban J connectivity index is 1.49. The van der Waals surface area contributed by atoms with Crippen LogP contribution >= 0.6 is 11.6 Å². The van der Waals surface area contributed by atoms with E-state index in [4.69, 9.17) is 21.1 Å². The Morgan fingerprint density at radius 3 is 2.33 bits per heavy atom. The smallest absolute Gasteiger partial charge is 0.321 e. The first-order valence-electron chi connectivity index (χ1n) is 8.84. The second kappa shape index (κ2) is 8.97. The van der Waals surface area contributed by atoms with Gasteiger partial charge in [-0.05, 0) is 35.9 Å². The van der Waals surface area contributed by atoms with Gasteiger partial charge < -0.3 is 19.7 Å². The number of ether oxygens (including phenoxy) is 2. The number of hydrogen-bond acceptors (Lipinski definition) is 4. The summed E-state index contributed by atoms with van der Waals surface area (Å²) in [6.45, 7) is 3.91. The molecule has 0 radical (unpaired) electrons. The Hall–Kier alpha value is -2.44. The van der Waals surface area contributed by atoms with E-state index < -0.39 is 0 Å². The third-order valence-electron chi connectivity index (χ3n) is 4.63. The molecule has 6 nitrogen and oxygen atoms in total. The third kappa shape index (κ3) is 5.05. The average Bonchev–Trinajstić information content (AvgIpc) is 2.69. The molecular formula is C20H24ClN3O3. The minimum absolute atomic E-state index is 0.111. The number of anilines is 1. The number of nitrogens with one attached hydrogen (secondary N) is 1. The van der Waals surface area contributed by atoms with Crippen molar-refractivity contribution in [2.45, 2.75) is 6.54 Å². The third-order valence-corrected chi connectivity index (χ3v) is 4.92. The number of methoxy groups -OCH3 is 2. The quantitative estimate of drug-likeness (QED) is 0.847. The molecule has 0 aromatic heterocycles. The molecule has 3 rings (SSSR count). The summed E-state index contributed by atoms with van der Waals surface area (Å²) < 4.78 is 10.3. The largest absolute Gasteiger partial charge is 0.497 e. The lowest BCUT2D eigenvalue weighted by atomic mass is 10.2. The summed E-state index contributed by atoms with van der Waals surface area (Å²) in [7, 11) is 3.23. The van der Waals surface area contributed by atoms with Crippen molar-refractivity contribution in [1.82, 2.24) is 9.80 Å². The van der Waals surface area contributed by atoms with Gasteiger partial charge in [0.25, 0.3) is 0 Å².